The molecule has 0 aliphatic rings. The fourth-order valence-electron chi connectivity index (χ4n) is 1.67. The van der Waals surface area contributed by atoms with Gasteiger partial charge in [0, 0.05) is 20.5 Å². The van der Waals surface area contributed by atoms with Crippen LogP contribution in [0.4, 0.5) is 0 Å². The smallest absolute Gasteiger partial charge is 0.251 e. The molecule has 1 N–H and O–H groups in total. The second-order valence-electron chi connectivity index (χ2n) is 5.58. The van der Waals surface area contributed by atoms with Crippen LogP contribution in [0.15, 0.2) is 24.3 Å². The van der Waals surface area contributed by atoms with E-state index < -0.39 is 0 Å². The van der Waals surface area contributed by atoms with E-state index in [4.69, 9.17) is 0 Å². The zero-order chi connectivity index (χ0) is 13.8. The normalized spacial score (nSPS) is 13.2. The van der Waals surface area contributed by atoms with Crippen LogP contribution in [0, 0.1) is 8.99 Å². The third kappa shape index (κ3) is 6.18. The molecule has 18 heavy (non-hydrogen) atoms. The quantitative estimate of drug-likeness (QED) is 0.570. The fraction of sp³-hybridized carbons (Fsp3) is 0.500. The molecule has 0 aliphatic carbocycles. The van der Waals surface area contributed by atoms with Gasteiger partial charge >= 0.3 is 0 Å². The first-order valence-electron chi connectivity index (χ1n) is 5.96. The molecule has 100 valence electrons. The largest absolute Gasteiger partial charge is 0.351 e. The number of carbonyl (C=O) groups excluding carboxylic acids is 1. The first-order valence-corrected chi connectivity index (χ1v) is 7.95. The number of amides is 1. The van der Waals surface area contributed by atoms with Crippen LogP contribution in [-0.4, -0.2) is 17.3 Å². The van der Waals surface area contributed by atoms with Gasteiger partial charge in [0.05, 0.1) is 0 Å². The van der Waals surface area contributed by atoms with Crippen molar-refractivity contribution in [2.45, 2.75) is 32.0 Å². The number of hydrogen-bond acceptors (Lipinski definition) is 1. The molecule has 1 rings (SSSR count). The third-order valence-electron chi connectivity index (χ3n) is 2.40. The molecule has 0 saturated heterocycles. The highest BCUT2D eigenvalue weighted by Gasteiger charge is 2.17. The Morgan fingerprint density at radius 3 is 2.67 bits per heavy atom. The zero-order valence-corrected chi connectivity index (χ0v) is 14.7. The van der Waals surface area contributed by atoms with E-state index in [0.717, 1.165) is 15.6 Å². The van der Waals surface area contributed by atoms with Crippen molar-refractivity contribution in [3.8, 4) is 0 Å². The van der Waals surface area contributed by atoms with Crippen molar-refractivity contribution in [1.29, 1.82) is 0 Å². The van der Waals surface area contributed by atoms with Gasteiger partial charge in [-0.05, 0) is 52.6 Å². The molecule has 0 aliphatic heterocycles. The lowest BCUT2D eigenvalue weighted by Gasteiger charge is -2.22. The monoisotopic (exact) mass is 423 g/mol. The Hall–Kier alpha value is -0.100. The van der Waals surface area contributed by atoms with Gasteiger partial charge in [0.1, 0.15) is 0 Å². The Kier molecular flexibility index (Phi) is 6.11. The Morgan fingerprint density at radius 1 is 1.44 bits per heavy atom. The van der Waals surface area contributed by atoms with E-state index in [1.807, 2.05) is 24.3 Å². The van der Waals surface area contributed by atoms with Crippen LogP contribution < -0.4 is 5.32 Å². The summed E-state index contributed by atoms with van der Waals surface area (Å²) >= 11 is 5.82. The van der Waals surface area contributed by atoms with E-state index in [9.17, 15) is 4.79 Å². The Morgan fingerprint density at radius 2 is 2.11 bits per heavy atom. The van der Waals surface area contributed by atoms with E-state index >= 15 is 0 Å². The number of rotatable bonds is 4. The van der Waals surface area contributed by atoms with Gasteiger partial charge < -0.3 is 5.32 Å². The van der Waals surface area contributed by atoms with Crippen LogP contribution in [-0.2, 0) is 0 Å². The standard InChI is InChI=1S/C14H19BrINO/c1-14(2,3)8-11(15)9-17-13(18)10-5-4-6-12(16)7-10/h4-7,11H,8-9H2,1-3H3,(H,17,18). The zero-order valence-electron chi connectivity index (χ0n) is 11.0. The maximum absolute atomic E-state index is 11.9. The van der Waals surface area contributed by atoms with Gasteiger partial charge in [0.15, 0.2) is 0 Å². The minimum absolute atomic E-state index is 0.00752. The van der Waals surface area contributed by atoms with Crippen molar-refractivity contribution in [3.05, 3.63) is 33.4 Å². The molecule has 1 atom stereocenters. The Bertz CT molecular complexity index is 415. The predicted molar refractivity (Wildman–Crippen MR) is 88.3 cm³/mol. The molecule has 0 spiro atoms. The lowest BCUT2D eigenvalue weighted by atomic mass is 9.90. The van der Waals surface area contributed by atoms with Crippen LogP contribution >= 0.6 is 38.5 Å². The molecule has 1 aromatic carbocycles. The van der Waals surface area contributed by atoms with Crippen LogP contribution in [0.5, 0.6) is 0 Å². The summed E-state index contributed by atoms with van der Waals surface area (Å²) in [5.74, 6) is -0.00752. The van der Waals surface area contributed by atoms with E-state index in [1.165, 1.54) is 0 Å². The van der Waals surface area contributed by atoms with Gasteiger partial charge in [-0.2, -0.15) is 0 Å². The van der Waals surface area contributed by atoms with Crippen molar-refractivity contribution in [2.75, 3.05) is 6.54 Å². The molecule has 0 radical (unpaired) electrons. The summed E-state index contributed by atoms with van der Waals surface area (Å²) < 4.78 is 1.07. The highest BCUT2D eigenvalue weighted by molar-refractivity contribution is 14.1. The van der Waals surface area contributed by atoms with Crippen LogP contribution in [0.3, 0.4) is 0 Å². The summed E-state index contributed by atoms with van der Waals surface area (Å²) in [4.78, 5) is 12.2. The highest BCUT2D eigenvalue weighted by atomic mass is 127. The number of hydrogen-bond donors (Lipinski definition) is 1. The summed E-state index contributed by atoms with van der Waals surface area (Å²) in [5, 5.41) is 2.96. The van der Waals surface area contributed by atoms with Crippen molar-refractivity contribution in [3.63, 3.8) is 0 Å². The topological polar surface area (TPSA) is 29.1 Å². The summed E-state index contributed by atoms with van der Waals surface area (Å²) in [6.45, 7) is 7.25. The number of benzene rings is 1. The molecule has 4 heteroatoms. The van der Waals surface area contributed by atoms with Crippen LogP contribution in [0.1, 0.15) is 37.6 Å². The summed E-state index contributed by atoms with van der Waals surface area (Å²) in [5.41, 5.74) is 0.985. The predicted octanol–water partition coefficient (Wildman–Crippen LogP) is 4.22. The molecule has 0 heterocycles. The lowest BCUT2D eigenvalue weighted by molar-refractivity contribution is 0.0952. The Labute approximate surface area is 131 Å². The maximum Gasteiger partial charge on any atom is 0.251 e. The van der Waals surface area contributed by atoms with E-state index in [-0.39, 0.29) is 11.3 Å². The second kappa shape index (κ2) is 6.89. The van der Waals surface area contributed by atoms with Crippen LogP contribution in [0.2, 0.25) is 0 Å². The average Bonchev–Trinajstić information content (AvgIpc) is 2.23. The molecular weight excluding hydrogens is 405 g/mol. The van der Waals surface area contributed by atoms with Gasteiger partial charge in [-0.1, -0.05) is 42.8 Å². The minimum atomic E-state index is -0.00752. The van der Waals surface area contributed by atoms with Gasteiger partial charge in [0.25, 0.3) is 5.91 Å². The maximum atomic E-state index is 11.9. The van der Waals surface area contributed by atoms with Crippen LogP contribution in [0.25, 0.3) is 0 Å². The molecule has 2 nitrogen and oxygen atoms in total. The first kappa shape index (κ1) is 16.0. The summed E-state index contributed by atoms with van der Waals surface area (Å²) in [6, 6.07) is 7.61. The van der Waals surface area contributed by atoms with Gasteiger partial charge in [-0.3, -0.25) is 4.79 Å². The number of halogens is 2. The van der Waals surface area contributed by atoms with Gasteiger partial charge in [0.2, 0.25) is 0 Å². The van der Waals surface area contributed by atoms with E-state index in [2.05, 4.69) is 64.6 Å². The van der Waals surface area contributed by atoms with Crippen molar-refractivity contribution >= 4 is 44.4 Å². The summed E-state index contributed by atoms with van der Waals surface area (Å²) in [7, 11) is 0. The second-order valence-corrected chi connectivity index (χ2v) is 8.12. The highest BCUT2D eigenvalue weighted by Crippen LogP contribution is 2.24. The lowest BCUT2D eigenvalue weighted by Crippen LogP contribution is -2.31. The third-order valence-corrected chi connectivity index (χ3v) is 3.72. The minimum Gasteiger partial charge on any atom is -0.351 e. The van der Waals surface area contributed by atoms with Crippen molar-refractivity contribution < 1.29 is 4.79 Å². The molecule has 0 aromatic heterocycles. The Balaban J connectivity index is 2.47. The van der Waals surface area contributed by atoms with Gasteiger partial charge in [-0.25, -0.2) is 0 Å². The van der Waals surface area contributed by atoms with E-state index in [1.54, 1.807) is 0 Å². The summed E-state index contributed by atoms with van der Waals surface area (Å²) in [6.07, 6.45) is 1.03. The number of carbonyl (C=O) groups is 1. The van der Waals surface area contributed by atoms with Crippen molar-refractivity contribution in [1.82, 2.24) is 5.32 Å². The molecule has 1 unspecified atom stereocenters. The average molecular weight is 424 g/mol. The SMILES string of the molecule is CC(C)(C)CC(Br)CNC(=O)c1cccc(I)c1. The number of nitrogens with one attached hydrogen (secondary N) is 1. The van der Waals surface area contributed by atoms with E-state index in [0.29, 0.717) is 11.4 Å². The molecular formula is C14H19BrINO. The molecule has 0 fully saturated rings. The number of alkyl halides is 1. The first-order chi connectivity index (χ1) is 8.28. The van der Waals surface area contributed by atoms with Crippen molar-refractivity contribution in [2.24, 2.45) is 5.41 Å². The molecule has 0 saturated carbocycles. The molecule has 1 amide bonds. The fourth-order valence-corrected chi connectivity index (χ4v) is 3.35. The van der Waals surface area contributed by atoms with Gasteiger partial charge in [-0.15, -0.1) is 0 Å². The molecule has 0 bridgehead atoms. The molecule has 1 aromatic rings.